The second kappa shape index (κ2) is 9.45. The first-order chi connectivity index (χ1) is 13.5. The van der Waals surface area contributed by atoms with Crippen LogP contribution >= 0.6 is 0 Å². The lowest BCUT2D eigenvalue weighted by molar-refractivity contribution is -0.190. The van der Waals surface area contributed by atoms with E-state index in [1.54, 1.807) is 31.4 Å². The number of rotatable bonds is 5. The van der Waals surface area contributed by atoms with E-state index in [1.165, 1.54) is 20.4 Å². The molecule has 0 amide bonds. The number of oxazole rings is 1. The summed E-state index contributed by atoms with van der Waals surface area (Å²) < 4.78 is 20.5. The highest BCUT2D eigenvalue weighted by Gasteiger charge is 2.34. The van der Waals surface area contributed by atoms with Gasteiger partial charge in [-0.15, -0.1) is 0 Å². The fourth-order valence-corrected chi connectivity index (χ4v) is 2.45. The van der Waals surface area contributed by atoms with Crippen LogP contribution in [0, 0.1) is 0 Å². The summed E-state index contributed by atoms with van der Waals surface area (Å²) in [5, 5.41) is 5.73. The summed E-state index contributed by atoms with van der Waals surface area (Å²) in [7, 11) is 3.09. The average molecular weight is 389 g/mol. The first-order valence-corrected chi connectivity index (χ1v) is 8.71. The Hall–Kier alpha value is -3.49. The largest absolute Gasteiger partial charge is 0.496 e. The average Bonchev–Trinajstić information content (AvgIpc) is 3.22. The summed E-state index contributed by atoms with van der Waals surface area (Å²) in [6.07, 6.45) is 1.98. The fourth-order valence-electron chi connectivity index (χ4n) is 2.45. The predicted octanol–water partition coefficient (Wildman–Crippen LogP) is 2.67. The van der Waals surface area contributed by atoms with Gasteiger partial charge in [-0.2, -0.15) is 0 Å². The Labute approximate surface area is 162 Å². The monoisotopic (exact) mass is 389 g/mol. The molecule has 0 radical (unpaired) electrons. The minimum atomic E-state index is -0.918. The van der Waals surface area contributed by atoms with Gasteiger partial charge in [0, 0.05) is 25.7 Å². The van der Waals surface area contributed by atoms with E-state index in [2.05, 4.69) is 15.6 Å². The van der Waals surface area contributed by atoms with Crippen LogP contribution in [0.5, 0.6) is 5.75 Å². The minimum Gasteiger partial charge on any atom is -0.496 e. The molecular weight excluding hydrogens is 366 g/mol. The molecule has 9 nitrogen and oxygen atoms in total. The van der Waals surface area contributed by atoms with Gasteiger partial charge in [-0.05, 0) is 12.1 Å². The van der Waals surface area contributed by atoms with E-state index < -0.39 is 18.2 Å². The summed E-state index contributed by atoms with van der Waals surface area (Å²) in [6, 6.07) is 5.19. The molecule has 1 aliphatic heterocycles. The van der Waals surface area contributed by atoms with Gasteiger partial charge in [-0.25, -0.2) is 14.6 Å². The Kier molecular flexibility index (Phi) is 7.02. The van der Waals surface area contributed by atoms with Crippen molar-refractivity contribution in [1.82, 2.24) is 10.3 Å². The van der Waals surface area contributed by atoms with Crippen molar-refractivity contribution in [3.8, 4) is 17.1 Å². The lowest BCUT2D eigenvalue weighted by Crippen LogP contribution is -2.36. The molecule has 9 heteroatoms. The zero-order valence-electron chi connectivity index (χ0n) is 16.4. The van der Waals surface area contributed by atoms with Crippen molar-refractivity contribution < 1.29 is 28.2 Å². The second-order valence-corrected chi connectivity index (χ2v) is 5.28. The zero-order valence-corrected chi connectivity index (χ0v) is 16.4. The molecule has 1 saturated heterocycles. The maximum atomic E-state index is 12.0. The normalized spacial score (nSPS) is 15.6. The second-order valence-electron chi connectivity index (χ2n) is 5.28. The van der Waals surface area contributed by atoms with Crippen LogP contribution in [0.15, 0.2) is 46.6 Å². The number of aromatic nitrogens is 1. The Morgan fingerprint density at radius 1 is 1.18 bits per heavy atom. The van der Waals surface area contributed by atoms with Crippen molar-refractivity contribution in [2.24, 2.45) is 0 Å². The number of hydrogen-bond donors (Lipinski definition) is 2. The van der Waals surface area contributed by atoms with E-state index in [0.29, 0.717) is 22.8 Å². The van der Waals surface area contributed by atoms with Crippen LogP contribution in [0.25, 0.3) is 11.3 Å². The third-order valence-electron chi connectivity index (χ3n) is 3.62. The van der Waals surface area contributed by atoms with E-state index in [9.17, 15) is 9.59 Å². The molecule has 0 aliphatic carbocycles. The van der Waals surface area contributed by atoms with Crippen molar-refractivity contribution in [2.45, 2.75) is 27.1 Å². The Morgan fingerprint density at radius 3 is 2.39 bits per heavy atom. The minimum absolute atomic E-state index is 0.154. The summed E-state index contributed by atoms with van der Waals surface area (Å²) in [6.45, 7) is 5.46. The van der Waals surface area contributed by atoms with E-state index in [1.807, 2.05) is 13.8 Å². The fraction of sp³-hybridized carbons (Fsp3) is 0.316. The highest BCUT2D eigenvalue weighted by atomic mass is 16.7. The van der Waals surface area contributed by atoms with Gasteiger partial charge in [-0.1, -0.05) is 13.8 Å². The summed E-state index contributed by atoms with van der Waals surface area (Å²) >= 11 is 0. The Bertz CT molecular complexity index is 841. The number of hydrogen-bond acceptors (Lipinski definition) is 9. The number of benzene rings is 1. The summed E-state index contributed by atoms with van der Waals surface area (Å²) in [5.74, 6) is -0.309. The molecule has 150 valence electrons. The number of esters is 2. The van der Waals surface area contributed by atoms with Crippen molar-refractivity contribution >= 4 is 17.6 Å². The molecule has 1 fully saturated rings. The van der Waals surface area contributed by atoms with Crippen LogP contribution in [0.2, 0.25) is 0 Å². The number of carbonyl (C=O) groups excluding carboxylic acids is 2. The van der Waals surface area contributed by atoms with Gasteiger partial charge in [0.1, 0.15) is 11.6 Å². The molecule has 1 aromatic heterocycles. The molecule has 0 spiro atoms. The molecule has 0 bridgehead atoms. The first-order valence-electron chi connectivity index (χ1n) is 8.71. The molecule has 2 aromatic rings. The molecule has 1 aromatic carbocycles. The first kappa shape index (κ1) is 20.8. The van der Waals surface area contributed by atoms with E-state index in [0.717, 1.165) is 0 Å². The van der Waals surface area contributed by atoms with E-state index >= 15 is 0 Å². The van der Waals surface area contributed by atoms with Gasteiger partial charge in [0.05, 0.1) is 18.9 Å². The third kappa shape index (κ3) is 4.43. The highest BCUT2D eigenvalue weighted by molar-refractivity contribution is 6.16. The van der Waals surface area contributed by atoms with Gasteiger partial charge in [0.15, 0.2) is 17.7 Å². The maximum Gasteiger partial charge on any atom is 0.352 e. The van der Waals surface area contributed by atoms with Gasteiger partial charge >= 0.3 is 11.9 Å². The lowest BCUT2D eigenvalue weighted by atomic mass is 10.1. The SMILES string of the molecule is CC.CNC(Nc1ccc(-c2cnco2)c(OC)c1)=C1C(=O)OC(C)OC1=O. The van der Waals surface area contributed by atoms with Crippen LogP contribution in [-0.2, 0) is 19.1 Å². The molecule has 0 unspecified atom stereocenters. The number of nitrogens with one attached hydrogen (secondary N) is 2. The topological polar surface area (TPSA) is 112 Å². The number of methoxy groups -OCH3 is 1. The van der Waals surface area contributed by atoms with Crippen molar-refractivity contribution in [1.29, 1.82) is 0 Å². The molecule has 0 atom stereocenters. The molecule has 2 N–H and O–H groups in total. The number of carbonyl (C=O) groups is 2. The Morgan fingerprint density at radius 2 is 1.86 bits per heavy atom. The number of ether oxygens (including phenoxy) is 3. The standard InChI is InChI=1S/C17H17N3O6.C2H6/c1-9-25-16(21)14(17(22)26-9)15(18-2)20-10-4-5-11(12(6-10)23-3)13-7-19-8-24-13;1-2/h4-9,18,20H,1-3H3;1-2H3. The number of cyclic esters (lactones) is 2. The molecule has 1 aliphatic rings. The van der Waals surface area contributed by atoms with Crippen molar-refractivity contribution in [3.05, 3.63) is 42.2 Å². The van der Waals surface area contributed by atoms with Gasteiger partial charge in [-0.3, -0.25) is 0 Å². The Balaban J connectivity index is 0.00000136. The van der Waals surface area contributed by atoms with Crippen molar-refractivity contribution in [3.63, 3.8) is 0 Å². The van der Waals surface area contributed by atoms with Crippen LogP contribution in [0.1, 0.15) is 20.8 Å². The van der Waals surface area contributed by atoms with Crippen LogP contribution in [-0.4, -0.2) is 37.4 Å². The summed E-state index contributed by atoms with van der Waals surface area (Å²) in [4.78, 5) is 28.0. The van der Waals surface area contributed by atoms with Crippen LogP contribution < -0.4 is 15.4 Å². The van der Waals surface area contributed by atoms with E-state index in [4.69, 9.17) is 18.6 Å². The number of anilines is 1. The van der Waals surface area contributed by atoms with Gasteiger partial charge in [0.25, 0.3) is 0 Å². The number of nitrogens with zero attached hydrogens (tertiary/aromatic N) is 1. The lowest BCUT2D eigenvalue weighted by Gasteiger charge is -2.23. The molecule has 2 heterocycles. The summed E-state index contributed by atoms with van der Waals surface area (Å²) in [5.41, 5.74) is 1.03. The van der Waals surface area contributed by atoms with Gasteiger partial charge in [0.2, 0.25) is 6.29 Å². The molecular formula is C19H23N3O6. The predicted molar refractivity (Wildman–Crippen MR) is 101 cm³/mol. The maximum absolute atomic E-state index is 12.0. The van der Waals surface area contributed by atoms with E-state index in [-0.39, 0.29) is 11.4 Å². The van der Waals surface area contributed by atoms with Crippen LogP contribution in [0.4, 0.5) is 5.69 Å². The van der Waals surface area contributed by atoms with Crippen LogP contribution in [0.3, 0.4) is 0 Å². The molecule has 0 saturated carbocycles. The van der Waals surface area contributed by atoms with Gasteiger partial charge < -0.3 is 29.3 Å². The van der Waals surface area contributed by atoms with Crippen molar-refractivity contribution in [2.75, 3.05) is 19.5 Å². The molecule has 28 heavy (non-hydrogen) atoms. The molecule has 3 rings (SSSR count). The zero-order chi connectivity index (χ0) is 20.7. The highest BCUT2D eigenvalue weighted by Crippen LogP contribution is 2.32. The third-order valence-corrected chi connectivity index (χ3v) is 3.62. The smallest absolute Gasteiger partial charge is 0.352 e. The quantitative estimate of drug-likeness (QED) is 0.453.